The van der Waals surface area contributed by atoms with Gasteiger partial charge in [0.2, 0.25) is 5.75 Å². The molecule has 2 heterocycles. The van der Waals surface area contributed by atoms with Gasteiger partial charge < -0.3 is 9.26 Å². The summed E-state index contributed by atoms with van der Waals surface area (Å²) in [6.07, 6.45) is 1.05. The largest absolute Gasteiger partial charge is 0.420 e. The molecule has 2 aromatic heterocycles. The van der Waals surface area contributed by atoms with Gasteiger partial charge in [-0.15, -0.1) is 0 Å². The second kappa shape index (κ2) is 4.32. The molecule has 0 saturated carbocycles. The Morgan fingerprint density at radius 2 is 2.24 bits per heavy atom. The van der Waals surface area contributed by atoms with Crippen LogP contribution in [0.25, 0.3) is 11.4 Å². The standard InChI is InChI=1S/C11H9FN2O3/c1-6-11(16-7(2)15)10(14-17-6)9-4-3-8(12)5-13-9/h3-5H,1-2H3. The van der Waals surface area contributed by atoms with Gasteiger partial charge in [-0.3, -0.25) is 9.78 Å². The van der Waals surface area contributed by atoms with Gasteiger partial charge in [-0.05, 0) is 12.1 Å². The van der Waals surface area contributed by atoms with Crippen LogP contribution in [0.1, 0.15) is 12.7 Å². The fourth-order valence-corrected chi connectivity index (χ4v) is 1.31. The monoisotopic (exact) mass is 236 g/mol. The minimum atomic E-state index is -0.486. The molecule has 0 atom stereocenters. The topological polar surface area (TPSA) is 65.2 Å². The van der Waals surface area contributed by atoms with Crippen LogP contribution in [-0.4, -0.2) is 16.1 Å². The van der Waals surface area contributed by atoms with E-state index in [0.29, 0.717) is 11.5 Å². The molecular formula is C11H9FN2O3. The van der Waals surface area contributed by atoms with E-state index >= 15 is 0 Å². The highest BCUT2D eigenvalue weighted by Crippen LogP contribution is 2.31. The molecule has 88 valence electrons. The number of nitrogens with zero attached hydrogens (tertiary/aromatic N) is 2. The molecule has 2 aromatic rings. The Hall–Kier alpha value is -2.24. The Balaban J connectivity index is 2.45. The summed E-state index contributed by atoms with van der Waals surface area (Å²) in [4.78, 5) is 14.8. The Morgan fingerprint density at radius 1 is 1.47 bits per heavy atom. The molecule has 0 bridgehead atoms. The van der Waals surface area contributed by atoms with E-state index in [1.54, 1.807) is 6.92 Å². The maximum absolute atomic E-state index is 12.7. The van der Waals surface area contributed by atoms with Crippen LogP contribution in [0.3, 0.4) is 0 Å². The minimum Gasteiger partial charge on any atom is -0.420 e. The summed E-state index contributed by atoms with van der Waals surface area (Å²) >= 11 is 0. The maximum atomic E-state index is 12.7. The molecule has 0 saturated heterocycles. The van der Waals surface area contributed by atoms with Gasteiger partial charge in [-0.25, -0.2) is 4.39 Å². The lowest BCUT2D eigenvalue weighted by molar-refractivity contribution is -0.131. The molecule has 0 fully saturated rings. The van der Waals surface area contributed by atoms with Gasteiger partial charge in [-0.1, -0.05) is 5.16 Å². The fraction of sp³-hybridized carbons (Fsp3) is 0.182. The normalized spacial score (nSPS) is 10.3. The van der Waals surface area contributed by atoms with Crippen LogP contribution in [0.4, 0.5) is 4.39 Å². The summed E-state index contributed by atoms with van der Waals surface area (Å²) in [6.45, 7) is 2.88. The van der Waals surface area contributed by atoms with Crippen molar-refractivity contribution < 1.29 is 18.4 Å². The molecular weight excluding hydrogens is 227 g/mol. The van der Waals surface area contributed by atoms with E-state index in [0.717, 1.165) is 6.20 Å². The number of ether oxygens (including phenoxy) is 1. The molecule has 17 heavy (non-hydrogen) atoms. The first-order valence-corrected chi connectivity index (χ1v) is 4.84. The zero-order chi connectivity index (χ0) is 12.4. The second-order valence-corrected chi connectivity index (χ2v) is 3.37. The Labute approximate surface area is 96.2 Å². The van der Waals surface area contributed by atoms with Crippen molar-refractivity contribution in [3.05, 3.63) is 29.9 Å². The van der Waals surface area contributed by atoms with Crippen LogP contribution in [0.15, 0.2) is 22.9 Å². The molecule has 5 nitrogen and oxygen atoms in total. The average Bonchev–Trinajstić information content (AvgIpc) is 2.61. The van der Waals surface area contributed by atoms with Gasteiger partial charge >= 0.3 is 5.97 Å². The fourth-order valence-electron chi connectivity index (χ4n) is 1.31. The highest BCUT2D eigenvalue weighted by molar-refractivity contribution is 5.73. The molecule has 0 amide bonds. The second-order valence-electron chi connectivity index (χ2n) is 3.37. The van der Waals surface area contributed by atoms with E-state index in [1.807, 2.05) is 0 Å². The minimum absolute atomic E-state index is 0.205. The van der Waals surface area contributed by atoms with Gasteiger partial charge in [0.05, 0.1) is 11.9 Å². The molecule has 0 unspecified atom stereocenters. The van der Waals surface area contributed by atoms with Crippen molar-refractivity contribution in [2.75, 3.05) is 0 Å². The summed E-state index contributed by atoms with van der Waals surface area (Å²) in [5.74, 6) is -0.374. The predicted molar refractivity (Wildman–Crippen MR) is 55.7 cm³/mol. The van der Waals surface area contributed by atoms with Crippen molar-refractivity contribution in [2.45, 2.75) is 13.8 Å². The summed E-state index contributed by atoms with van der Waals surface area (Å²) in [6, 6.07) is 2.67. The highest BCUT2D eigenvalue weighted by Gasteiger charge is 2.18. The van der Waals surface area contributed by atoms with Gasteiger partial charge in [-0.2, -0.15) is 0 Å². The number of carbonyl (C=O) groups excluding carboxylic acids is 1. The number of aromatic nitrogens is 2. The summed E-state index contributed by atoms with van der Waals surface area (Å²) in [7, 11) is 0. The van der Waals surface area contributed by atoms with Crippen molar-refractivity contribution in [1.82, 2.24) is 10.1 Å². The van der Waals surface area contributed by atoms with Crippen LogP contribution in [0.2, 0.25) is 0 Å². The molecule has 0 spiro atoms. The number of esters is 1. The Bertz CT molecular complexity index is 548. The van der Waals surface area contributed by atoms with Crippen molar-refractivity contribution in [3.63, 3.8) is 0 Å². The summed E-state index contributed by atoms with van der Waals surface area (Å²) < 4.78 is 22.6. The smallest absolute Gasteiger partial charge is 0.308 e. The van der Waals surface area contributed by atoms with Gasteiger partial charge in [0.25, 0.3) is 0 Å². The van der Waals surface area contributed by atoms with E-state index in [-0.39, 0.29) is 11.4 Å². The van der Waals surface area contributed by atoms with Crippen LogP contribution in [0.5, 0.6) is 5.75 Å². The number of hydrogen-bond donors (Lipinski definition) is 0. The third-order valence-electron chi connectivity index (χ3n) is 2.02. The van der Waals surface area contributed by atoms with Crippen molar-refractivity contribution >= 4 is 5.97 Å². The Morgan fingerprint density at radius 3 is 2.82 bits per heavy atom. The number of carbonyl (C=O) groups is 1. The lowest BCUT2D eigenvalue weighted by Crippen LogP contribution is -2.03. The third kappa shape index (κ3) is 2.30. The van der Waals surface area contributed by atoms with Gasteiger partial charge in [0.15, 0.2) is 11.5 Å². The zero-order valence-corrected chi connectivity index (χ0v) is 9.23. The third-order valence-corrected chi connectivity index (χ3v) is 2.02. The molecule has 0 aliphatic heterocycles. The average molecular weight is 236 g/mol. The number of aryl methyl sites for hydroxylation is 1. The first-order valence-electron chi connectivity index (χ1n) is 4.84. The first kappa shape index (κ1) is 11.3. The lowest BCUT2D eigenvalue weighted by atomic mass is 10.2. The van der Waals surface area contributed by atoms with Crippen molar-refractivity contribution in [1.29, 1.82) is 0 Å². The van der Waals surface area contributed by atoms with Crippen LogP contribution >= 0.6 is 0 Å². The van der Waals surface area contributed by atoms with E-state index in [4.69, 9.17) is 9.26 Å². The molecule has 2 rings (SSSR count). The molecule has 0 aliphatic carbocycles. The molecule has 0 aliphatic rings. The number of pyridine rings is 1. The van der Waals surface area contributed by atoms with E-state index in [9.17, 15) is 9.18 Å². The summed E-state index contributed by atoms with van der Waals surface area (Å²) in [5, 5.41) is 3.73. The quantitative estimate of drug-likeness (QED) is 0.747. The van der Waals surface area contributed by atoms with Crippen molar-refractivity contribution in [2.24, 2.45) is 0 Å². The van der Waals surface area contributed by atoms with Gasteiger partial charge in [0, 0.05) is 13.8 Å². The highest BCUT2D eigenvalue weighted by atomic mass is 19.1. The Kier molecular flexibility index (Phi) is 2.86. The van der Waals surface area contributed by atoms with Gasteiger partial charge in [0.1, 0.15) is 5.82 Å². The molecule has 0 N–H and O–H groups in total. The predicted octanol–water partition coefficient (Wildman–Crippen LogP) is 2.11. The van der Waals surface area contributed by atoms with Crippen LogP contribution in [0, 0.1) is 12.7 Å². The SMILES string of the molecule is CC(=O)Oc1c(-c2ccc(F)cn2)noc1C. The van der Waals surface area contributed by atoms with Crippen molar-refractivity contribution in [3.8, 4) is 17.1 Å². The number of hydrogen-bond acceptors (Lipinski definition) is 5. The number of halogens is 1. The van der Waals surface area contributed by atoms with E-state index in [2.05, 4.69) is 10.1 Å². The van der Waals surface area contributed by atoms with E-state index in [1.165, 1.54) is 19.1 Å². The maximum Gasteiger partial charge on any atom is 0.308 e. The lowest BCUT2D eigenvalue weighted by Gasteiger charge is -2.01. The molecule has 6 heteroatoms. The molecule has 0 aromatic carbocycles. The summed E-state index contributed by atoms with van der Waals surface area (Å²) in [5.41, 5.74) is 0.650. The number of rotatable bonds is 2. The first-order chi connectivity index (χ1) is 8.08. The van der Waals surface area contributed by atoms with Crippen LogP contribution in [-0.2, 0) is 4.79 Å². The van der Waals surface area contributed by atoms with E-state index < -0.39 is 11.8 Å². The van der Waals surface area contributed by atoms with Crippen LogP contribution < -0.4 is 4.74 Å². The zero-order valence-electron chi connectivity index (χ0n) is 9.23. The molecule has 0 radical (unpaired) electrons.